The van der Waals surface area contributed by atoms with Crippen LogP contribution < -0.4 is 0 Å². The Labute approximate surface area is 311 Å². The average Bonchev–Trinajstić information content (AvgIpc) is 3.21. The fourth-order valence-corrected chi connectivity index (χ4v) is 6.40. The molecule has 0 fully saturated rings. The quantitative estimate of drug-likeness (QED) is 0.140. The second-order valence-electron chi connectivity index (χ2n) is 12.5. The highest BCUT2D eigenvalue weighted by molar-refractivity contribution is 6.26. The minimum absolute atomic E-state index is 0.198. The van der Waals surface area contributed by atoms with E-state index in [4.69, 9.17) is 0 Å². The fraction of sp³-hybridized carbons (Fsp3) is 0. The number of carboxylic acids is 2. The van der Waals surface area contributed by atoms with Gasteiger partial charge in [0.25, 0.3) is 0 Å². The third kappa shape index (κ3) is 6.72. The Kier molecular flexibility index (Phi) is 8.78. The van der Waals surface area contributed by atoms with Crippen LogP contribution in [0.3, 0.4) is 0 Å². The van der Waals surface area contributed by atoms with E-state index in [0.717, 1.165) is 65.7 Å². The predicted molar refractivity (Wildman–Crippen MR) is 214 cm³/mol. The van der Waals surface area contributed by atoms with Gasteiger partial charge in [-0.15, -0.1) is 0 Å². The number of hydrogen-bond donors (Lipinski definition) is 2. The molecule has 8 rings (SSSR count). The maximum absolute atomic E-state index is 11.4. The van der Waals surface area contributed by atoms with Crippen molar-refractivity contribution in [1.82, 2.24) is 0 Å². The molecule has 0 bridgehead atoms. The molecule has 4 heteroatoms. The van der Waals surface area contributed by atoms with E-state index in [1.165, 1.54) is 0 Å². The zero-order valence-electron chi connectivity index (χ0n) is 28.6. The fourth-order valence-electron chi connectivity index (χ4n) is 6.40. The largest absolute Gasteiger partial charge is 0.478 e. The van der Waals surface area contributed by atoms with Crippen LogP contribution in [0.4, 0.5) is 0 Å². The monoisotopic (exact) mass is 690 g/mol. The van der Waals surface area contributed by atoms with Crippen molar-refractivity contribution in [3.63, 3.8) is 0 Å². The average molecular weight is 691 g/mol. The van der Waals surface area contributed by atoms with Gasteiger partial charge in [0.15, 0.2) is 0 Å². The lowest BCUT2D eigenvalue weighted by molar-refractivity contribution is 0.0686. The molecule has 2 N–H and O–H groups in total. The number of carboxylic acid groups (broad SMARTS) is 2. The number of benzene rings is 8. The molecule has 4 nitrogen and oxygen atoms in total. The van der Waals surface area contributed by atoms with Crippen LogP contribution in [0.2, 0.25) is 0 Å². The van der Waals surface area contributed by atoms with Crippen molar-refractivity contribution < 1.29 is 19.8 Å². The number of hydrogen-bond acceptors (Lipinski definition) is 2. The van der Waals surface area contributed by atoms with E-state index in [1.807, 2.05) is 72.8 Å². The van der Waals surface area contributed by atoms with Crippen molar-refractivity contribution in [1.29, 1.82) is 0 Å². The maximum Gasteiger partial charge on any atom is 0.335 e. The molecule has 250 valence electrons. The zero-order valence-corrected chi connectivity index (χ0v) is 28.6. The molecule has 0 unspecified atom stereocenters. The third-order valence-electron chi connectivity index (χ3n) is 9.08. The summed E-state index contributed by atoms with van der Waals surface area (Å²) in [6.45, 7) is 0. The summed E-state index contributed by atoms with van der Waals surface area (Å²) in [4.78, 5) is 22.9. The van der Waals surface area contributed by atoms with Crippen molar-refractivity contribution >= 4 is 44.3 Å². The van der Waals surface area contributed by atoms with E-state index >= 15 is 0 Å². The summed E-state index contributed by atoms with van der Waals surface area (Å²) in [7, 11) is 0. The van der Waals surface area contributed by atoms with Crippen LogP contribution in [0.1, 0.15) is 65.2 Å². The lowest BCUT2D eigenvalue weighted by Crippen LogP contribution is -1.95. The first-order valence-electron chi connectivity index (χ1n) is 17.0. The molecule has 0 atom stereocenters. The summed E-state index contributed by atoms with van der Waals surface area (Å²) >= 11 is 0. The number of aromatic carboxylic acids is 2. The van der Waals surface area contributed by atoms with Crippen LogP contribution in [0, 0.1) is 47.4 Å². The van der Waals surface area contributed by atoms with E-state index < -0.39 is 11.9 Å². The summed E-state index contributed by atoms with van der Waals surface area (Å²) in [6.07, 6.45) is 0. The first kappa shape index (κ1) is 33.1. The van der Waals surface area contributed by atoms with Crippen molar-refractivity contribution in [3.8, 4) is 47.4 Å². The molecule has 0 radical (unpaired) electrons. The van der Waals surface area contributed by atoms with Crippen LogP contribution in [0.25, 0.3) is 32.3 Å². The molecule has 8 aromatic rings. The summed E-state index contributed by atoms with van der Waals surface area (Å²) in [5, 5.41) is 24.5. The molecule has 0 saturated carbocycles. The van der Waals surface area contributed by atoms with Crippen LogP contribution in [-0.4, -0.2) is 22.2 Å². The Morgan fingerprint density at radius 3 is 0.889 bits per heavy atom. The van der Waals surface area contributed by atoms with E-state index in [1.54, 1.807) is 48.5 Å². The van der Waals surface area contributed by atoms with Crippen LogP contribution in [0.5, 0.6) is 0 Å². The zero-order chi connectivity index (χ0) is 37.0. The smallest absolute Gasteiger partial charge is 0.335 e. The minimum Gasteiger partial charge on any atom is -0.478 e. The highest BCUT2D eigenvalue weighted by atomic mass is 16.4. The Hall–Kier alpha value is -8.02. The van der Waals surface area contributed by atoms with Gasteiger partial charge in [-0.2, -0.15) is 0 Å². The number of carbonyl (C=O) groups is 2. The maximum atomic E-state index is 11.4. The van der Waals surface area contributed by atoms with E-state index in [2.05, 4.69) is 71.6 Å². The molecule has 0 spiro atoms. The third-order valence-corrected chi connectivity index (χ3v) is 9.08. The van der Waals surface area contributed by atoms with Gasteiger partial charge in [0.2, 0.25) is 0 Å². The van der Waals surface area contributed by atoms with Crippen molar-refractivity contribution in [2.45, 2.75) is 0 Å². The van der Waals surface area contributed by atoms with Gasteiger partial charge >= 0.3 is 11.9 Å². The first-order valence-corrected chi connectivity index (χ1v) is 17.0. The Morgan fingerprint density at radius 2 is 0.611 bits per heavy atom. The Morgan fingerprint density at radius 1 is 0.333 bits per heavy atom. The topological polar surface area (TPSA) is 74.6 Å². The van der Waals surface area contributed by atoms with Crippen LogP contribution >= 0.6 is 0 Å². The Balaban J connectivity index is 1.39. The molecule has 0 heterocycles. The van der Waals surface area contributed by atoms with Gasteiger partial charge < -0.3 is 10.2 Å². The highest BCUT2D eigenvalue weighted by Gasteiger charge is 2.17. The van der Waals surface area contributed by atoms with E-state index in [-0.39, 0.29) is 11.1 Å². The van der Waals surface area contributed by atoms with Crippen molar-refractivity contribution in [2.24, 2.45) is 0 Å². The van der Waals surface area contributed by atoms with Gasteiger partial charge in [-0.1, -0.05) is 108 Å². The lowest BCUT2D eigenvalue weighted by Gasteiger charge is -2.16. The summed E-state index contributed by atoms with van der Waals surface area (Å²) in [5.41, 5.74) is 6.75. The molecule has 0 amide bonds. The van der Waals surface area contributed by atoms with Gasteiger partial charge in [-0.05, 0) is 117 Å². The standard InChI is InChI=1S/C50H26O4/c51-49(52)37-19-11-35(12-20-37)17-25-41-31-39(23-15-33-7-3-1-4-8-33)43-27-28-44-40(24-16-34-9-5-2-6-10-34)32-42(46-30-29-45(41)47(43)48(44)46)26-18-36-13-21-38(22-14-36)50(53)54/h1-14,19-22,27-32H,(H,51,52)(H,53,54). The van der Waals surface area contributed by atoms with E-state index in [9.17, 15) is 19.8 Å². The van der Waals surface area contributed by atoms with Gasteiger partial charge in [-0.3, -0.25) is 0 Å². The second-order valence-corrected chi connectivity index (χ2v) is 12.5. The Bertz CT molecular complexity index is 2810. The van der Waals surface area contributed by atoms with Gasteiger partial charge in [0, 0.05) is 44.5 Å². The second kappa shape index (κ2) is 14.3. The summed E-state index contributed by atoms with van der Waals surface area (Å²) in [5.74, 6) is 24.8. The summed E-state index contributed by atoms with van der Waals surface area (Å²) in [6, 6.07) is 45.1. The van der Waals surface area contributed by atoms with Crippen LogP contribution in [-0.2, 0) is 0 Å². The molecular weight excluding hydrogens is 665 g/mol. The van der Waals surface area contributed by atoms with Crippen molar-refractivity contribution in [3.05, 3.63) is 201 Å². The molecule has 0 aliphatic rings. The molecule has 0 aliphatic carbocycles. The molecule has 54 heavy (non-hydrogen) atoms. The molecule has 0 saturated heterocycles. The van der Waals surface area contributed by atoms with Gasteiger partial charge in [-0.25, -0.2) is 9.59 Å². The normalized spacial score (nSPS) is 10.3. The number of rotatable bonds is 2. The van der Waals surface area contributed by atoms with Crippen LogP contribution in [0.15, 0.2) is 146 Å². The minimum atomic E-state index is -0.990. The predicted octanol–water partition coefficient (Wildman–Crippen LogP) is 9.58. The molecular formula is C50H26O4. The highest BCUT2D eigenvalue weighted by Crippen LogP contribution is 2.40. The molecule has 8 aromatic carbocycles. The van der Waals surface area contributed by atoms with Crippen molar-refractivity contribution in [2.75, 3.05) is 0 Å². The molecule has 0 aliphatic heterocycles. The SMILES string of the molecule is O=C(O)c1ccc(C#Cc2cc(C#Cc3ccccc3)c3ccc4c(C#Cc5ccccc5)cc(C#Cc5ccc(C(=O)O)cc5)c5ccc2c3c45)cc1. The van der Waals surface area contributed by atoms with E-state index in [0.29, 0.717) is 11.1 Å². The van der Waals surface area contributed by atoms with Gasteiger partial charge in [0.1, 0.15) is 0 Å². The lowest BCUT2D eigenvalue weighted by atomic mass is 9.86. The first-order chi connectivity index (χ1) is 26.4. The summed E-state index contributed by atoms with van der Waals surface area (Å²) < 4.78 is 0. The molecule has 0 aromatic heterocycles. The van der Waals surface area contributed by atoms with Gasteiger partial charge in [0.05, 0.1) is 11.1 Å².